The summed E-state index contributed by atoms with van der Waals surface area (Å²) in [4.78, 5) is 5.03. The van der Waals surface area contributed by atoms with Gasteiger partial charge in [0.15, 0.2) is 0 Å². The topological polar surface area (TPSA) is 32.5 Å². The average molecular weight is 296 g/mol. The molecule has 0 saturated carbocycles. The monoisotopic (exact) mass is 295 g/mol. The van der Waals surface area contributed by atoms with Crippen LogP contribution in [0.3, 0.4) is 0 Å². The molecule has 0 aliphatic carbocycles. The third-order valence-corrected chi connectivity index (χ3v) is 4.43. The fraction of sp³-hybridized carbons (Fsp3) is 0.625. The van der Waals surface area contributed by atoms with E-state index in [1.165, 1.54) is 5.56 Å². The maximum atomic E-state index is 6.01. The molecule has 0 amide bonds. The van der Waals surface area contributed by atoms with Gasteiger partial charge in [-0.1, -0.05) is 23.7 Å². The van der Waals surface area contributed by atoms with E-state index in [4.69, 9.17) is 17.3 Å². The van der Waals surface area contributed by atoms with Crippen LogP contribution in [-0.2, 0) is 0 Å². The van der Waals surface area contributed by atoms with Crippen LogP contribution in [0.1, 0.15) is 32.4 Å². The normalized spacial score (nSPS) is 20.1. The summed E-state index contributed by atoms with van der Waals surface area (Å²) in [6.07, 6.45) is 0. The predicted octanol–water partition coefficient (Wildman–Crippen LogP) is 2.76. The minimum atomic E-state index is 0.255. The number of nitrogens with zero attached hydrogens (tertiary/aromatic N) is 2. The summed E-state index contributed by atoms with van der Waals surface area (Å²) < 4.78 is 0. The summed E-state index contributed by atoms with van der Waals surface area (Å²) in [6.45, 7) is 11.8. The molecular weight excluding hydrogens is 270 g/mol. The van der Waals surface area contributed by atoms with Crippen molar-refractivity contribution in [3.8, 4) is 0 Å². The molecule has 0 aromatic heterocycles. The summed E-state index contributed by atoms with van der Waals surface area (Å²) >= 11 is 5.96. The van der Waals surface area contributed by atoms with Gasteiger partial charge in [-0.2, -0.15) is 0 Å². The van der Waals surface area contributed by atoms with Crippen molar-refractivity contribution >= 4 is 11.6 Å². The van der Waals surface area contributed by atoms with Crippen molar-refractivity contribution < 1.29 is 0 Å². The molecule has 0 bridgehead atoms. The molecule has 2 N–H and O–H groups in total. The van der Waals surface area contributed by atoms with Gasteiger partial charge in [0, 0.05) is 49.3 Å². The average Bonchev–Trinajstić information content (AvgIpc) is 2.41. The second kappa shape index (κ2) is 6.44. The number of halogens is 1. The lowest BCUT2D eigenvalue weighted by molar-refractivity contribution is 0.0433. The van der Waals surface area contributed by atoms with E-state index in [-0.39, 0.29) is 5.54 Å². The Morgan fingerprint density at radius 1 is 1.10 bits per heavy atom. The molecule has 0 spiro atoms. The van der Waals surface area contributed by atoms with E-state index in [1.807, 2.05) is 12.1 Å². The molecule has 1 saturated heterocycles. The maximum Gasteiger partial charge on any atom is 0.0471 e. The van der Waals surface area contributed by atoms with E-state index in [9.17, 15) is 0 Å². The lowest BCUT2D eigenvalue weighted by atomic mass is 10.0. The lowest BCUT2D eigenvalue weighted by Gasteiger charge is -2.44. The van der Waals surface area contributed by atoms with Crippen molar-refractivity contribution in [2.45, 2.75) is 32.4 Å². The minimum Gasteiger partial charge on any atom is -0.329 e. The molecule has 20 heavy (non-hydrogen) atoms. The van der Waals surface area contributed by atoms with Crippen LogP contribution in [0.2, 0.25) is 5.02 Å². The van der Waals surface area contributed by atoms with Crippen molar-refractivity contribution in [1.29, 1.82) is 0 Å². The zero-order chi connectivity index (χ0) is 14.8. The van der Waals surface area contributed by atoms with Crippen molar-refractivity contribution in [3.63, 3.8) is 0 Å². The highest BCUT2D eigenvalue weighted by atomic mass is 35.5. The fourth-order valence-electron chi connectivity index (χ4n) is 2.89. The van der Waals surface area contributed by atoms with Crippen LogP contribution in [0.25, 0.3) is 0 Å². The highest BCUT2D eigenvalue weighted by molar-refractivity contribution is 6.30. The highest BCUT2D eigenvalue weighted by Crippen LogP contribution is 2.24. The van der Waals surface area contributed by atoms with Gasteiger partial charge < -0.3 is 5.73 Å². The van der Waals surface area contributed by atoms with E-state index in [2.05, 4.69) is 42.7 Å². The van der Waals surface area contributed by atoms with Gasteiger partial charge in [-0.15, -0.1) is 0 Å². The van der Waals surface area contributed by atoms with Crippen LogP contribution in [0, 0.1) is 0 Å². The molecule has 4 heteroatoms. The van der Waals surface area contributed by atoms with Crippen LogP contribution in [0.15, 0.2) is 24.3 Å². The van der Waals surface area contributed by atoms with Crippen molar-refractivity contribution in [3.05, 3.63) is 34.9 Å². The fourth-order valence-corrected chi connectivity index (χ4v) is 3.01. The van der Waals surface area contributed by atoms with Crippen LogP contribution in [-0.4, -0.2) is 48.1 Å². The number of rotatable bonds is 3. The number of hydrogen-bond donors (Lipinski definition) is 1. The predicted molar refractivity (Wildman–Crippen MR) is 86.1 cm³/mol. The quantitative estimate of drug-likeness (QED) is 0.931. The Balaban J connectivity index is 2.02. The molecule has 112 valence electrons. The molecule has 1 aliphatic heterocycles. The Kier molecular flexibility index (Phi) is 5.08. The Labute approximate surface area is 127 Å². The lowest BCUT2D eigenvalue weighted by Crippen LogP contribution is -2.54. The first kappa shape index (κ1) is 15.8. The van der Waals surface area contributed by atoms with Crippen molar-refractivity contribution in [2.24, 2.45) is 5.73 Å². The number of hydrogen-bond acceptors (Lipinski definition) is 3. The van der Waals surface area contributed by atoms with Crippen LogP contribution in [0.5, 0.6) is 0 Å². The van der Waals surface area contributed by atoms with Gasteiger partial charge in [0.25, 0.3) is 0 Å². The van der Waals surface area contributed by atoms with Crippen LogP contribution < -0.4 is 5.73 Å². The summed E-state index contributed by atoms with van der Waals surface area (Å²) in [6, 6.07) is 8.39. The Morgan fingerprint density at radius 3 is 2.10 bits per heavy atom. The number of piperazine rings is 1. The SMILES string of the molecule is CC(C)(C)N1CCN(C(CN)c2ccc(Cl)cc2)CC1. The van der Waals surface area contributed by atoms with E-state index in [0.29, 0.717) is 12.6 Å². The van der Waals surface area contributed by atoms with E-state index in [1.54, 1.807) is 0 Å². The third kappa shape index (κ3) is 3.73. The minimum absolute atomic E-state index is 0.255. The van der Waals surface area contributed by atoms with Gasteiger partial charge in [0.1, 0.15) is 0 Å². The molecule has 2 rings (SSSR count). The molecule has 1 unspecified atom stereocenters. The zero-order valence-corrected chi connectivity index (χ0v) is 13.5. The second-order valence-electron chi connectivity index (χ2n) is 6.50. The molecule has 1 heterocycles. The van der Waals surface area contributed by atoms with Crippen molar-refractivity contribution in [1.82, 2.24) is 9.80 Å². The molecule has 3 nitrogen and oxygen atoms in total. The first-order valence-corrected chi connectivity index (χ1v) is 7.74. The van der Waals surface area contributed by atoms with Gasteiger partial charge in [-0.05, 0) is 38.5 Å². The third-order valence-electron chi connectivity index (χ3n) is 4.18. The summed E-state index contributed by atoms with van der Waals surface area (Å²) in [5, 5.41) is 0.780. The highest BCUT2D eigenvalue weighted by Gasteiger charge is 2.29. The molecule has 1 aromatic rings. The van der Waals surface area contributed by atoms with E-state index >= 15 is 0 Å². The van der Waals surface area contributed by atoms with Crippen LogP contribution >= 0.6 is 11.6 Å². The summed E-state index contributed by atoms with van der Waals surface area (Å²) in [5.41, 5.74) is 7.53. The molecule has 1 fully saturated rings. The Morgan fingerprint density at radius 2 is 1.65 bits per heavy atom. The van der Waals surface area contributed by atoms with Gasteiger partial charge in [0.2, 0.25) is 0 Å². The maximum absolute atomic E-state index is 6.01. The standard InChI is InChI=1S/C16H26ClN3/c1-16(2,3)20-10-8-19(9-11-20)15(12-18)13-4-6-14(17)7-5-13/h4-7,15H,8-12,18H2,1-3H3. The molecule has 1 aliphatic rings. The molecular formula is C16H26ClN3. The molecule has 1 aromatic carbocycles. The number of nitrogens with two attached hydrogens (primary N) is 1. The van der Waals surface area contributed by atoms with Gasteiger partial charge >= 0.3 is 0 Å². The zero-order valence-electron chi connectivity index (χ0n) is 12.8. The molecule has 0 radical (unpaired) electrons. The Bertz CT molecular complexity index is 416. The smallest absolute Gasteiger partial charge is 0.0471 e. The van der Waals surface area contributed by atoms with Crippen LogP contribution in [0.4, 0.5) is 0 Å². The molecule has 1 atom stereocenters. The van der Waals surface area contributed by atoms with Gasteiger partial charge in [-0.3, -0.25) is 9.80 Å². The second-order valence-corrected chi connectivity index (χ2v) is 6.93. The van der Waals surface area contributed by atoms with Gasteiger partial charge in [0.05, 0.1) is 0 Å². The van der Waals surface area contributed by atoms with E-state index < -0.39 is 0 Å². The summed E-state index contributed by atoms with van der Waals surface area (Å²) in [7, 11) is 0. The Hall–Kier alpha value is -0.610. The largest absolute Gasteiger partial charge is 0.329 e. The number of benzene rings is 1. The first-order valence-electron chi connectivity index (χ1n) is 7.36. The first-order chi connectivity index (χ1) is 9.41. The van der Waals surface area contributed by atoms with Gasteiger partial charge in [-0.25, -0.2) is 0 Å². The summed E-state index contributed by atoms with van der Waals surface area (Å²) in [5.74, 6) is 0. The van der Waals surface area contributed by atoms with E-state index in [0.717, 1.165) is 31.2 Å². The van der Waals surface area contributed by atoms with Crippen molar-refractivity contribution in [2.75, 3.05) is 32.7 Å².